The minimum Gasteiger partial charge on any atom is -0.358 e. The van der Waals surface area contributed by atoms with Gasteiger partial charge in [-0.2, -0.15) is 0 Å². The lowest BCUT2D eigenvalue weighted by atomic mass is 9.93. The van der Waals surface area contributed by atoms with Crippen LogP contribution in [0.5, 0.6) is 0 Å². The second kappa shape index (κ2) is 8.78. The van der Waals surface area contributed by atoms with Gasteiger partial charge in [-0.05, 0) is 37.5 Å². The number of rotatable bonds is 6. The smallest absolute Gasteiger partial charge is 0.180 e. The van der Waals surface area contributed by atoms with Crippen LogP contribution in [0, 0.1) is 0 Å². The first-order valence-corrected chi connectivity index (χ1v) is 10.8. The van der Waals surface area contributed by atoms with Crippen LogP contribution in [-0.4, -0.2) is 36.1 Å². The molecule has 148 valence electrons. The Labute approximate surface area is 170 Å². The second-order valence-electron chi connectivity index (χ2n) is 7.46. The minimum absolute atomic E-state index is 0.144. The number of ketones is 1. The van der Waals surface area contributed by atoms with Crippen LogP contribution in [0.4, 0.5) is 0 Å². The normalized spacial score (nSPS) is 28.5. The van der Waals surface area contributed by atoms with Crippen molar-refractivity contribution in [1.82, 2.24) is 0 Å². The van der Waals surface area contributed by atoms with E-state index >= 15 is 0 Å². The number of Topliss-reactive ketones (excluding diaryl/α,β-unsaturated/α-hetero) is 1. The highest BCUT2D eigenvalue weighted by molar-refractivity contribution is 8.00. The Morgan fingerprint density at radius 2 is 1.64 bits per heavy atom. The van der Waals surface area contributed by atoms with Gasteiger partial charge in [0, 0.05) is 11.3 Å². The number of thioether (sulfide) groups is 1. The molecule has 0 N–H and O–H groups in total. The highest BCUT2D eigenvalue weighted by Crippen LogP contribution is 2.47. The summed E-state index contributed by atoms with van der Waals surface area (Å²) < 4.78 is 17.8. The van der Waals surface area contributed by atoms with Crippen LogP contribution in [0.3, 0.4) is 0 Å². The molecule has 28 heavy (non-hydrogen) atoms. The van der Waals surface area contributed by atoms with Crippen LogP contribution < -0.4 is 0 Å². The van der Waals surface area contributed by atoms with Crippen molar-refractivity contribution in [1.29, 1.82) is 0 Å². The zero-order valence-corrected chi connectivity index (χ0v) is 16.9. The molecule has 0 bridgehead atoms. The fraction of sp³-hybridized carbons (Fsp3) is 0.435. The van der Waals surface area contributed by atoms with E-state index in [1.54, 1.807) is 11.8 Å². The van der Waals surface area contributed by atoms with E-state index < -0.39 is 5.60 Å². The van der Waals surface area contributed by atoms with Crippen molar-refractivity contribution < 1.29 is 19.0 Å². The summed E-state index contributed by atoms with van der Waals surface area (Å²) in [5.74, 6) is 0.144. The van der Waals surface area contributed by atoms with E-state index in [9.17, 15) is 4.79 Å². The minimum atomic E-state index is -0.836. The van der Waals surface area contributed by atoms with Gasteiger partial charge in [-0.15, -0.1) is 11.8 Å². The Morgan fingerprint density at radius 3 is 2.32 bits per heavy atom. The molecule has 2 aromatic carbocycles. The number of carbonyl (C=O) groups excluding carboxylic acids is 1. The molecule has 2 saturated heterocycles. The third-order valence-corrected chi connectivity index (χ3v) is 6.59. The first kappa shape index (κ1) is 19.6. The largest absolute Gasteiger partial charge is 0.358 e. The van der Waals surface area contributed by atoms with Crippen molar-refractivity contribution >= 4 is 17.5 Å². The van der Waals surface area contributed by atoms with Crippen molar-refractivity contribution in [3.63, 3.8) is 0 Å². The van der Waals surface area contributed by atoms with E-state index in [0.717, 1.165) is 30.1 Å². The van der Waals surface area contributed by atoms with Crippen molar-refractivity contribution in [2.45, 2.75) is 54.3 Å². The lowest BCUT2D eigenvalue weighted by Crippen LogP contribution is -2.37. The number of hydrogen-bond acceptors (Lipinski definition) is 5. The van der Waals surface area contributed by atoms with E-state index in [-0.39, 0.29) is 23.4 Å². The summed E-state index contributed by atoms with van der Waals surface area (Å²) in [6.45, 7) is 3.35. The summed E-state index contributed by atoms with van der Waals surface area (Å²) in [6.07, 6.45) is 1.67. The van der Waals surface area contributed by atoms with Gasteiger partial charge in [0.05, 0.1) is 13.2 Å². The first-order chi connectivity index (χ1) is 13.7. The van der Waals surface area contributed by atoms with Gasteiger partial charge >= 0.3 is 0 Å². The quantitative estimate of drug-likeness (QED) is 0.700. The van der Waals surface area contributed by atoms with Crippen molar-refractivity contribution in [3.05, 3.63) is 66.2 Å². The standard InChI is InChI=1S/C23H26O4S/c1-23(14-13-19-25-15-8-16-26-19)22(24)21(28-18-11-6-3-7-12-18)20(27-23)17-9-4-2-5-10-17/h2-7,9-12,19-21H,8,13-16H2,1H3/t20-,21-,23?/m1/s1. The highest BCUT2D eigenvalue weighted by Gasteiger charge is 2.52. The van der Waals surface area contributed by atoms with Crippen LogP contribution in [0.2, 0.25) is 0 Å². The third-order valence-electron chi connectivity index (χ3n) is 5.33. The molecule has 2 heterocycles. The average Bonchev–Trinajstić information content (AvgIpc) is 3.00. The highest BCUT2D eigenvalue weighted by atomic mass is 32.2. The first-order valence-electron chi connectivity index (χ1n) is 9.88. The van der Waals surface area contributed by atoms with Gasteiger partial charge in [-0.1, -0.05) is 48.5 Å². The van der Waals surface area contributed by atoms with Crippen LogP contribution in [-0.2, 0) is 19.0 Å². The molecule has 0 aliphatic carbocycles. The van der Waals surface area contributed by atoms with E-state index in [1.165, 1.54) is 0 Å². The molecule has 0 saturated carbocycles. The maximum atomic E-state index is 13.5. The van der Waals surface area contributed by atoms with E-state index in [1.807, 2.05) is 67.6 Å². The molecule has 5 heteroatoms. The molecule has 1 unspecified atom stereocenters. The molecule has 3 atom stereocenters. The predicted octanol–water partition coefficient (Wildman–Crippen LogP) is 4.79. The summed E-state index contributed by atoms with van der Waals surface area (Å²) >= 11 is 1.59. The monoisotopic (exact) mass is 398 g/mol. The number of ether oxygens (including phenoxy) is 3. The zero-order chi connectivity index (χ0) is 19.4. The van der Waals surface area contributed by atoms with Gasteiger partial charge in [0.15, 0.2) is 12.1 Å². The number of hydrogen-bond donors (Lipinski definition) is 0. The van der Waals surface area contributed by atoms with Crippen LogP contribution in [0.15, 0.2) is 65.6 Å². The van der Waals surface area contributed by atoms with Crippen molar-refractivity contribution in [2.75, 3.05) is 13.2 Å². The SMILES string of the molecule is CC1(CCC2OCCCO2)O[C@H](c2ccccc2)[C@@H](Sc2ccccc2)C1=O. The Hall–Kier alpha value is -1.66. The van der Waals surface area contributed by atoms with Gasteiger partial charge in [-0.3, -0.25) is 4.79 Å². The van der Waals surface area contributed by atoms with Crippen molar-refractivity contribution in [2.24, 2.45) is 0 Å². The van der Waals surface area contributed by atoms with E-state index in [0.29, 0.717) is 12.8 Å². The molecule has 0 amide bonds. The molecule has 2 aliphatic rings. The van der Waals surface area contributed by atoms with E-state index in [4.69, 9.17) is 14.2 Å². The Morgan fingerprint density at radius 1 is 1.00 bits per heavy atom. The van der Waals surface area contributed by atoms with Crippen molar-refractivity contribution in [3.8, 4) is 0 Å². The molecule has 0 aromatic heterocycles. The van der Waals surface area contributed by atoms with Gasteiger partial charge in [-0.25, -0.2) is 0 Å². The molecule has 2 fully saturated rings. The summed E-state index contributed by atoms with van der Waals surface area (Å²) in [5, 5.41) is -0.275. The Bertz CT molecular complexity index is 776. The Kier molecular flexibility index (Phi) is 6.16. The summed E-state index contributed by atoms with van der Waals surface area (Å²) in [4.78, 5) is 14.5. The van der Waals surface area contributed by atoms with Gasteiger partial charge < -0.3 is 14.2 Å². The average molecular weight is 399 g/mol. The van der Waals surface area contributed by atoms with Gasteiger partial charge in [0.2, 0.25) is 0 Å². The molecule has 2 aromatic rings. The van der Waals surface area contributed by atoms with Crippen LogP contribution in [0.25, 0.3) is 0 Å². The molecule has 4 rings (SSSR count). The summed E-state index contributed by atoms with van der Waals surface area (Å²) in [7, 11) is 0. The van der Waals surface area contributed by atoms with Crippen LogP contribution >= 0.6 is 11.8 Å². The topological polar surface area (TPSA) is 44.8 Å². The fourth-order valence-corrected chi connectivity index (χ4v) is 5.06. The summed E-state index contributed by atoms with van der Waals surface area (Å²) in [5.41, 5.74) is 0.204. The van der Waals surface area contributed by atoms with E-state index in [2.05, 4.69) is 0 Å². The molecule has 0 spiro atoms. The van der Waals surface area contributed by atoms with Gasteiger partial charge in [0.25, 0.3) is 0 Å². The third kappa shape index (κ3) is 4.33. The lowest BCUT2D eigenvalue weighted by Gasteiger charge is -2.28. The summed E-state index contributed by atoms with van der Waals surface area (Å²) in [6, 6.07) is 20.1. The number of carbonyl (C=O) groups is 1. The zero-order valence-electron chi connectivity index (χ0n) is 16.1. The fourth-order valence-electron chi connectivity index (χ4n) is 3.76. The second-order valence-corrected chi connectivity index (χ2v) is 8.67. The van der Waals surface area contributed by atoms with Crippen LogP contribution in [0.1, 0.15) is 37.9 Å². The molecule has 4 nitrogen and oxygen atoms in total. The number of benzene rings is 2. The maximum absolute atomic E-state index is 13.5. The molecular weight excluding hydrogens is 372 g/mol. The Balaban J connectivity index is 1.54. The predicted molar refractivity (Wildman–Crippen MR) is 109 cm³/mol. The molecule has 0 radical (unpaired) electrons. The van der Waals surface area contributed by atoms with Gasteiger partial charge in [0.1, 0.15) is 17.0 Å². The molecule has 2 aliphatic heterocycles. The lowest BCUT2D eigenvalue weighted by molar-refractivity contribution is -0.187. The maximum Gasteiger partial charge on any atom is 0.180 e. The molecular formula is C23H26O4S.